The summed E-state index contributed by atoms with van der Waals surface area (Å²) in [5.41, 5.74) is 1.44. The summed E-state index contributed by atoms with van der Waals surface area (Å²) in [6, 6.07) is 9.11. The Hall–Kier alpha value is -1.02. The molecule has 0 spiro atoms. The van der Waals surface area contributed by atoms with Crippen molar-refractivity contribution >= 4 is 0 Å². The number of hydrogen-bond donors (Lipinski definition) is 1. The van der Waals surface area contributed by atoms with Crippen LogP contribution in [0.25, 0.3) is 0 Å². The van der Waals surface area contributed by atoms with E-state index in [0.717, 1.165) is 12.2 Å². The second-order valence-electron chi connectivity index (χ2n) is 5.42. The number of nitrogens with one attached hydrogen (secondary N) is 1. The molecule has 1 aromatic rings. The molecule has 3 atom stereocenters. The SMILES string of the molecule is CN[C@H]1CC2CC(C)(C1)Oc1ccccc12. The minimum atomic E-state index is 0.0327. The van der Waals surface area contributed by atoms with Crippen molar-refractivity contribution in [1.82, 2.24) is 5.32 Å². The van der Waals surface area contributed by atoms with E-state index in [2.05, 4.69) is 43.6 Å². The summed E-state index contributed by atoms with van der Waals surface area (Å²) < 4.78 is 6.18. The van der Waals surface area contributed by atoms with Crippen molar-refractivity contribution in [1.29, 1.82) is 0 Å². The highest BCUT2D eigenvalue weighted by Gasteiger charge is 2.43. The fourth-order valence-corrected chi connectivity index (χ4v) is 3.35. The van der Waals surface area contributed by atoms with Gasteiger partial charge in [0.2, 0.25) is 0 Å². The molecule has 2 unspecified atom stereocenters. The predicted octanol–water partition coefficient (Wildman–Crippen LogP) is 2.69. The predicted molar refractivity (Wildman–Crippen MR) is 64.9 cm³/mol. The lowest BCUT2D eigenvalue weighted by molar-refractivity contribution is 0.00890. The van der Waals surface area contributed by atoms with Crippen LogP contribution in [0.5, 0.6) is 5.75 Å². The Kier molecular flexibility index (Phi) is 2.21. The number of fused-ring (bicyclic) bond motifs is 4. The quantitative estimate of drug-likeness (QED) is 0.781. The molecule has 1 heterocycles. The topological polar surface area (TPSA) is 21.3 Å². The van der Waals surface area contributed by atoms with Crippen LogP contribution in [0.15, 0.2) is 24.3 Å². The van der Waals surface area contributed by atoms with Crippen molar-refractivity contribution in [2.45, 2.75) is 43.7 Å². The molecule has 86 valence electrons. The van der Waals surface area contributed by atoms with Crippen molar-refractivity contribution in [2.24, 2.45) is 0 Å². The third-order valence-corrected chi connectivity index (χ3v) is 4.05. The number of para-hydroxylation sites is 1. The normalized spacial score (nSPS) is 36.4. The first-order chi connectivity index (χ1) is 7.70. The maximum absolute atomic E-state index is 6.18. The van der Waals surface area contributed by atoms with Gasteiger partial charge in [-0.3, -0.25) is 0 Å². The molecule has 1 N–H and O–H groups in total. The fourth-order valence-electron chi connectivity index (χ4n) is 3.35. The summed E-state index contributed by atoms with van der Waals surface area (Å²) in [7, 11) is 2.06. The van der Waals surface area contributed by atoms with Crippen LogP contribution in [0.3, 0.4) is 0 Å². The highest BCUT2D eigenvalue weighted by molar-refractivity contribution is 5.40. The Bertz CT molecular complexity index is 403. The molecule has 0 saturated heterocycles. The molecule has 1 saturated carbocycles. The maximum Gasteiger partial charge on any atom is 0.123 e. The van der Waals surface area contributed by atoms with Crippen molar-refractivity contribution in [3.63, 3.8) is 0 Å². The minimum absolute atomic E-state index is 0.0327. The molecule has 0 radical (unpaired) electrons. The summed E-state index contributed by atoms with van der Waals surface area (Å²) in [6.07, 6.45) is 3.53. The van der Waals surface area contributed by atoms with Gasteiger partial charge in [-0.15, -0.1) is 0 Å². The van der Waals surface area contributed by atoms with Gasteiger partial charge in [-0.05, 0) is 44.4 Å². The van der Waals surface area contributed by atoms with E-state index in [-0.39, 0.29) is 5.60 Å². The van der Waals surface area contributed by atoms with Crippen LogP contribution in [0.1, 0.15) is 37.7 Å². The molecule has 2 bridgehead atoms. The van der Waals surface area contributed by atoms with Crippen molar-refractivity contribution in [3.8, 4) is 5.75 Å². The lowest BCUT2D eigenvalue weighted by atomic mass is 9.71. The van der Waals surface area contributed by atoms with E-state index in [1.807, 2.05) is 0 Å². The molecule has 2 heteroatoms. The first-order valence-electron chi connectivity index (χ1n) is 6.15. The molecular weight excluding hydrogens is 198 g/mol. The molecule has 1 fully saturated rings. The summed E-state index contributed by atoms with van der Waals surface area (Å²) in [5, 5.41) is 3.41. The van der Waals surface area contributed by atoms with Gasteiger partial charge in [0, 0.05) is 12.5 Å². The number of benzene rings is 1. The zero-order chi connectivity index (χ0) is 11.2. The second kappa shape index (κ2) is 3.49. The first-order valence-corrected chi connectivity index (χ1v) is 6.15. The average molecular weight is 217 g/mol. The second-order valence-corrected chi connectivity index (χ2v) is 5.42. The van der Waals surface area contributed by atoms with E-state index >= 15 is 0 Å². The van der Waals surface area contributed by atoms with E-state index in [1.165, 1.54) is 18.4 Å². The molecule has 1 aromatic carbocycles. The first kappa shape index (κ1) is 10.2. The van der Waals surface area contributed by atoms with Crippen LogP contribution in [0.4, 0.5) is 0 Å². The van der Waals surface area contributed by atoms with Crippen LogP contribution in [-0.2, 0) is 0 Å². The van der Waals surface area contributed by atoms with E-state index in [9.17, 15) is 0 Å². The summed E-state index contributed by atoms with van der Waals surface area (Å²) >= 11 is 0. The molecule has 1 aliphatic carbocycles. The van der Waals surface area contributed by atoms with Gasteiger partial charge in [-0.25, -0.2) is 0 Å². The van der Waals surface area contributed by atoms with Crippen molar-refractivity contribution in [2.75, 3.05) is 7.05 Å². The number of ether oxygens (including phenoxy) is 1. The molecule has 0 amide bonds. The van der Waals surface area contributed by atoms with E-state index in [4.69, 9.17) is 4.74 Å². The molecule has 16 heavy (non-hydrogen) atoms. The standard InChI is InChI=1S/C14H19NO/c1-14-8-10(7-11(9-14)15-2)12-5-3-4-6-13(12)16-14/h3-6,10-11,15H,7-9H2,1-2H3/t10?,11-,14?/m0/s1. The van der Waals surface area contributed by atoms with Crippen molar-refractivity contribution < 1.29 is 4.74 Å². The average Bonchev–Trinajstić information content (AvgIpc) is 2.27. The van der Waals surface area contributed by atoms with Gasteiger partial charge >= 0.3 is 0 Å². The molecule has 2 nitrogen and oxygen atoms in total. The summed E-state index contributed by atoms with van der Waals surface area (Å²) in [5.74, 6) is 1.77. The molecule has 3 rings (SSSR count). The van der Waals surface area contributed by atoms with Crippen LogP contribution >= 0.6 is 0 Å². The van der Waals surface area contributed by atoms with Crippen LogP contribution < -0.4 is 10.1 Å². The van der Waals surface area contributed by atoms with Gasteiger partial charge < -0.3 is 10.1 Å². The van der Waals surface area contributed by atoms with E-state index in [1.54, 1.807) is 0 Å². The largest absolute Gasteiger partial charge is 0.487 e. The Balaban J connectivity index is 2.00. The Morgan fingerprint density at radius 1 is 1.31 bits per heavy atom. The van der Waals surface area contributed by atoms with E-state index < -0.39 is 0 Å². The van der Waals surface area contributed by atoms with Crippen LogP contribution in [0.2, 0.25) is 0 Å². The molecular formula is C14H19NO. The smallest absolute Gasteiger partial charge is 0.123 e. The van der Waals surface area contributed by atoms with Gasteiger partial charge in [0.05, 0.1) is 0 Å². The summed E-state index contributed by atoms with van der Waals surface area (Å²) in [6.45, 7) is 2.25. The third-order valence-electron chi connectivity index (χ3n) is 4.05. The highest BCUT2D eigenvalue weighted by atomic mass is 16.5. The lowest BCUT2D eigenvalue weighted by Crippen LogP contribution is -2.49. The van der Waals surface area contributed by atoms with Crippen LogP contribution in [-0.4, -0.2) is 18.7 Å². The van der Waals surface area contributed by atoms with E-state index in [0.29, 0.717) is 12.0 Å². The monoisotopic (exact) mass is 217 g/mol. The van der Waals surface area contributed by atoms with Gasteiger partial charge in [0.15, 0.2) is 0 Å². The highest BCUT2D eigenvalue weighted by Crippen LogP contribution is 2.48. The Morgan fingerprint density at radius 2 is 2.12 bits per heavy atom. The maximum atomic E-state index is 6.18. The molecule has 1 aliphatic heterocycles. The minimum Gasteiger partial charge on any atom is -0.487 e. The zero-order valence-corrected chi connectivity index (χ0v) is 9.99. The lowest BCUT2D eigenvalue weighted by Gasteiger charge is -2.47. The van der Waals surface area contributed by atoms with Gasteiger partial charge in [-0.2, -0.15) is 0 Å². The zero-order valence-electron chi connectivity index (χ0n) is 9.99. The summed E-state index contributed by atoms with van der Waals surface area (Å²) in [4.78, 5) is 0. The van der Waals surface area contributed by atoms with Gasteiger partial charge in [0.1, 0.15) is 11.4 Å². The van der Waals surface area contributed by atoms with Crippen LogP contribution in [0, 0.1) is 0 Å². The molecule has 0 aromatic heterocycles. The Labute approximate surface area is 97.0 Å². The number of rotatable bonds is 1. The molecule has 2 aliphatic rings. The number of hydrogen-bond acceptors (Lipinski definition) is 2. The van der Waals surface area contributed by atoms with Gasteiger partial charge in [-0.1, -0.05) is 18.2 Å². The fraction of sp³-hybridized carbons (Fsp3) is 0.571. The third kappa shape index (κ3) is 1.52. The Morgan fingerprint density at radius 3 is 2.94 bits per heavy atom. The van der Waals surface area contributed by atoms with Gasteiger partial charge in [0.25, 0.3) is 0 Å². The van der Waals surface area contributed by atoms with Crippen molar-refractivity contribution in [3.05, 3.63) is 29.8 Å².